The Balaban J connectivity index is 1.71. The summed E-state index contributed by atoms with van der Waals surface area (Å²) in [5.41, 5.74) is 1.16. The molecule has 1 fully saturated rings. The Morgan fingerprint density at radius 3 is 2.79 bits per heavy atom. The van der Waals surface area contributed by atoms with Crippen molar-refractivity contribution in [1.29, 1.82) is 0 Å². The number of carbonyl (C=O) groups excluding carboxylic acids is 1. The van der Waals surface area contributed by atoms with Gasteiger partial charge in [-0.1, -0.05) is 11.6 Å². The second kappa shape index (κ2) is 7.08. The van der Waals surface area contributed by atoms with Crippen LogP contribution in [0.3, 0.4) is 0 Å². The number of hydrogen-bond acceptors (Lipinski definition) is 5. The molecule has 2 N–H and O–H groups in total. The molecule has 0 aromatic carbocycles. The highest BCUT2D eigenvalue weighted by atomic mass is 32.2. The SMILES string of the molecule is Cc1oc(C(=O)NCC2=CCNCC2)cc1S(=O)(=O)N1CCCC1. The van der Waals surface area contributed by atoms with E-state index in [1.807, 2.05) is 0 Å². The first-order valence-electron chi connectivity index (χ1n) is 8.26. The summed E-state index contributed by atoms with van der Waals surface area (Å²) < 4.78 is 32.1. The topological polar surface area (TPSA) is 91.6 Å². The van der Waals surface area contributed by atoms with E-state index < -0.39 is 10.0 Å². The first-order chi connectivity index (χ1) is 11.5. The van der Waals surface area contributed by atoms with Crippen molar-refractivity contribution in [2.24, 2.45) is 0 Å². The number of aryl methyl sites for hydroxylation is 1. The minimum Gasteiger partial charge on any atom is -0.455 e. The lowest BCUT2D eigenvalue weighted by atomic mass is 10.1. The average molecular weight is 353 g/mol. The van der Waals surface area contributed by atoms with Gasteiger partial charge in [0.25, 0.3) is 5.91 Å². The van der Waals surface area contributed by atoms with E-state index >= 15 is 0 Å². The smallest absolute Gasteiger partial charge is 0.287 e. The Kier molecular flexibility index (Phi) is 5.07. The van der Waals surface area contributed by atoms with Gasteiger partial charge >= 0.3 is 0 Å². The zero-order chi connectivity index (χ0) is 17.2. The fourth-order valence-electron chi connectivity index (χ4n) is 3.01. The molecule has 1 saturated heterocycles. The Bertz CT molecular complexity index is 745. The number of rotatable bonds is 5. The normalized spacial score (nSPS) is 19.3. The summed E-state index contributed by atoms with van der Waals surface area (Å²) in [4.78, 5) is 12.3. The average Bonchev–Trinajstić information content (AvgIpc) is 3.23. The zero-order valence-corrected chi connectivity index (χ0v) is 14.6. The number of nitrogens with zero attached hydrogens (tertiary/aromatic N) is 1. The second-order valence-corrected chi connectivity index (χ2v) is 8.05. The second-order valence-electron chi connectivity index (χ2n) is 6.14. The van der Waals surface area contributed by atoms with E-state index in [0.717, 1.165) is 37.9 Å². The van der Waals surface area contributed by atoms with Crippen molar-refractivity contribution in [3.63, 3.8) is 0 Å². The Morgan fingerprint density at radius 2 is 2.12 bits per heavy atom. The molecule has 24 heavy (non-hydrogen) atoms. The van der Waals surface area contributed by atoms with Crippen molar-refractivity contribution in [3.8, 4) is 0 Å². The van der Waals surface area contributed by atoms with Gasteiger partial charge in [-0.3, -0.25) is 4.79 Å². The van der Waals surface area contributed by atoms with Gasteiger partial charge in [0.15, 0.2) is 5.76 Å². The largest absolute Gasteiger partial charge is 0.455 e. The molecule has 1 aromatic heterocycles. The van der Waals surface area contributed by atoms with E-state index in [4.69, 9.17) is 4.42 Å². The van der Waals surface area contributed by atoms with Gasteiger partial charge in [0.1, 0.15) is 10.7 Å². The van der Waals surface area contributed by atoms with Crippen molar-refractivity contribution in [3.05, 3.63) is 29.2 Å². The van der Waals surface area contributed by atoms with Crippen LogP contribution in [0.4, 0.5) is 0 Å². The van der Waals surface area contributed by atoms with Crippen LogP contribution >= 0.6 is 0 Å². The van der Waals surface area contributed by atoms with E-state index in [2.05, 4.69) is 16.7 Å². The summed E-state index contributed by atoms with van der Waals surface area (Å²) in [6, 6.07) is 1.34. The Labute approximate surface area is 142 Å². The molecule has 0 atom stereocenters. The predicted octanol–water partition coefficient (Wildman–Crippen LogP) is 1.02. The van der Waals surface area contributed by atoms with Crippen LogP contribution in [0.5, 0.6) is 0 Å². The summed E-state index contributed by atoms with van der Waals surface area (Å²) >= 11 is 0. The molecule has 0 unspecified atom stereocenters. The predicted molar refractivity (Wildman–Crippen MR) is 89.3 cm³/mol. The maximum atomic E-state index is 12.6. The molecule has 3 heterocycles. The Hall–Kier alpha value is -1.64. The molecule has 2 aliphatic rings. The molecule has 132 valence electrons. The molecule has 0 bridgehead atoms. The van der Waals surface area contributed by atoms with Crippen LogP contribution in [-0.2, 0) is 10.0 Å². The first kappa shape index (κ1) is 17.2. The molecular formula is C16H23N3O4S. The van der Waals surface area contributed by atoms with Gasteiger partial charge in [0, 0.05) is 32.2 Å². The molecule has 0 aliphatic carbocycles. The number of hydrogen-bond donors (Lipinski definition) is 2. The van der Waals surface area contributed by atoms with E-state index in [1.165, 1.54) is 10.4 Å². The van der Waals surface area contributed by atoms with Gasteiger partial charge in [0.2, 0.25) is 10.0 Å². The molecule has 1 amide bonds. The quantitative estimate of drug-likeness (QED) is 0.771. The number of nitrogens with one attached hydrogen (secondary N) is 2. The molecule has 8 heteroatoms. The molecule has 0 spiro atoms. The van der Waals surface area contributed by atoms with Gasteiger partial charge in [-0.2, -0.15) is 4.31 Å². The van der Waals surface area contributed by atoms with Crippen molar-refractivity contribution in [1.82, 2.24) is 14.9 Å². The third kappa shape index (κ3) is 3.55. The Morgan fingerprint density at radius 1 is 1.38 bits per heavy atom. The highest BCUT2D eigenvalue weighted by Gasteiger charge is 2.31. The van der Waals surface area contributed by atoms with Gasteiger partial charge in [-0.15, -0.1) is 0 Å². The minimum absolute atomic E-state index is 0.0415. The van der Waals surface area contributed by atoms with E-state index in [9.17, 15) is 13.2 Å². The lowest BCUT2D eigenvalue weighted by molar-refractivity contribution is 0.0927. The van der Waals surface area contributed by atoms with E-state index in [1.54, 1.807) is 6.92 Å². The number of amides is 1. The third-order valence-electron chi connectivity index (χ3n) is 4.41. The first-order valence-corrected chi connectivity index (χ1v) is 9.70. The summed E-state index contributed by atoms with van der Waals surface area (Å²) in [7, 11) is -3.58. The molecule has 1 aromatic rings. The van der Waals surface area contributed by atoms with Gasteiger partial charge in [-0.05, 0) is 32.7 Å². The molecular weight excluding hydrogens is 330 g/mol. The summed E-state index contributed by atoms with van der Waals surface area (Å²) in [5.74, 6) is -0.0895. The molecule has 2 aliphatic heterocycles. The highest BCUT2D eigenvalue weighted by Crippen LogP contribution is 2.26. The van der Waals surface area contributed by atoms with E-state index in [0.29, 0.717) is 19.6 Å². The lowest BCUT2D eigenvalue weighted by Crippen LogP contribution is -2.29. The standard InChI is InChI=1S/C16H23N3O4S/c1-12-15(24(21,22)19-8-2-3-9-19)10-14(23-12)16(20)18-11-13-4-6-17-7-5-13/h4,10,17H,2-3,5-9,11H2,1H3,(H,18,20). The number of sulfonamides is 1. The fourth-order valence-corrected chi connectivity index (χ4v) is 4.69. The summed E-state index contributed by atoms with van der Waals surface area (Å²) in [6.07, 6.45) is 4.69. The van der Waals surface area contributed by atoms with Crippen LogP contribution in [0.2, 0.25) is 0 Å². The van der Waals surface area contributed by atoms with Crippen molar-refractivity contribution in [2.75, 3.05) is 32.7 Å². The molecule has 7 nitrogen and oxygen atoms in total. The van der Waals surface area contributed by atoms with Crippen molar-refractivity contribution in [2.45, 2.75) is 31.1 Å². The van der Waals surface area contributed by atoms with Crippen LogP contribution in [0.15, 0.2) is 27.0 Å². The van der Waals surface area contributed by atoms with Crippen LogP contribution < -0.4 is 10.6 Å². The van der Waals surface area contributed by atoms with Gasteiger partial charge in [0.05, 0.1) is 0 Å². The molecule has 0 radical (unpaired) electrons. The summed E-state index contributed by atoms with van der Waals surface area (Å²) in [6.45, 7) is 4.79. The minimum atomic E-state index is -3.58. The van der Waals surface area contributed by atoms with Crippen molar-refractivity contribution >= 4 is 15.9 Å². The maximum absolute atomic E-state index is 12.6. The van der Waals surface area contributed by atoms with E-state index in [-0.39, 0.29) is 22.3 Å². The fraction of sp³-hybridized carbons (Fsp3) is 0.562. The lowest BCUT2D eigenvalue weighted by Gasteiger charge is -2.14. The van der Waals surface area contributed by atoms with Crippen LogP contribution in [0.25, 0.3) is 0 Å². The number of carbonyl (C=O) groups is 1. The van der Waals surface area contributed by atoms with Crippen LogP contribution in [0, 0.1) is 6.92 Å². The third-order valence-corrected chi connectivity index (χ3v) is 6.42. The summed E-state index contributed by atoms with van der Waals surface area (Å²) in [5, 5.41) is 6.00. The van der Waals surface area contributed by atoms with Crippen molar-refractivity contribution < 1.29 is 17.6 Å². The molecule has 3 rings (SSSR count). The highest BCUT2D eigenvalue weighted by molar-refractivity contribution is 7.89. The van der Waals surface area contributed by atoms with Crippen LogP contribution in [0.1, 0.15) is 35.6 Å². The van der Waals surface area contributed by atoms with Crippen LogP contribution in [-0.4, -0.2) is 51.4 Å². The molecule has 0 saturated carbocycles. The monoisotopic (exact) mass is 353 g/mol. The maximum Gasteiger partial charge on any atom is 0.287 e. The van der Waals surface area contributed by atoms with Gasteiger partial charge in [-0.25, -0.2) is 8.42 Å². The number of furan rings is 1. The zero-order valence-electron chi connectivity index (χ0n) is 13.8. The van der Waals surface area contributed by atoms with Gasteiger partial charge < -0.3 is 15.1 Å².